The number of sulfone groups is 1. The molecule has 5 amide bonds. The number of pyridine rings is 1. The number of carbonyl (C=O) groups excluding carboxylic acids is 3. The van der Waals surface area contributed by atoms with Gasteiger partial charge >= 0.3 is 17.6 Å². The number of nitrogens with zero attached hydrogens (tertiary/aromatic N) is 3. The largest absolute Gasteiger partial charge is 0.501 e. The van der Waals surface area contributed by atoms with E-state index in [1.807, 2.05) is 30.3 Å². The van der Waals surface area contributed by atoms with E-state index in [-0.39, 0.29) is 29.7 Å². The first-order chi connectivity index (χ1) is 18.9. The summed E-state index contributed by atoms with van der Waals surface area (Å²) < 4.78 is 62.2. The Hall–Kier alpha value is -4.46. The molecule has 1 aliphatic heterocycles. The van der Waals surface area contributed by atoms with Crippen LogP contribution in [0.5, 0.6) is 0 Å². The van der Waals surface area contributed by atoms with Crippen molar-refractivity contribution in [2.24, 2.45) is 5.92 Å². The fourth-order valence-corrected chi connectivity index (χ4v) is 5.47. The molecule has 2 N–H and O–H groups in total. The van der Waals surface area contributed by atoms with E-state index in [1.54, 1.807) is 6.92 Å². The van der Waals surface area contributed by atoms with Gasteiger partial charge in [-0.15, -0.1) is 0 Å². The van der Waals surface area contributed by atoms with Gasteiger partial charge in [0.2, 0.25) is 0 Å². The molecule has 40 heavy (non-hydrogen) atoms. The zero-order valence-corrected chi connectivity index (χ0v) is 21.7. The highest BCUT2D eigenvalue weighted by molar-refractivity contribution is 7.92. The highest BCUT2D eigenvalue weighted by atomic mass is 32.2. The predicted molar refractivity (Wildman–Crippen MR) is 138 cm³/mol. The molecule has 1 spiro atoms. The van der Waals surface area contributed by atoms with Crippen LogP contribution in [0.2, 0.25) is 0 Å². The molecule has 2 atom stereocenters. The average molecular weight is 574 g/mol. The van der Waals surface area contributed by atoms with Crippen molar-refractivity contribution in [2.45, 2.75) is 35.8 Å². The Morgan fingerprint density at radius 1 is 1.05 bits per heavy atom. The van der Waals surface area contributed by atoms with Gasteiger partial charge in [-0.05, 0) is 48.2 Å². The molecule has 1 saturated carbocycles. The number of alkyl halides is 3. The molecule has 1 saturated heterocycles. The summed E-state index contributed by atoms with van der Waals surface area (Å²) >= 11 is 0. The molecule has 5 rings (SSSR count). The Kier molecular flexibility index (Phi) is 6.53. The van der Waals surface area contributed by atoms with E-state index in [0.717, 1.165) is 22.6 Å². The van der Waals surface area contributed by atoms with Gasteiger partial charge in [-0.2, -0.15) is 13.2 Å². The smallest absolute Gasteiger partial charge is 0.334 e. The molecular formula is C26H22F3N5O5S. The molecule has 14 heteroatoms. The lowest BCUT2D eigenvalue weighted by Crippen LogP contribution is -2.39. The van der Waals surface area contributed by atoms with Crippen LogP contribution in [0, 0.1) is 5.92 Å². The fourth-order valence-electron chi connectivity index (χ4n) is 4.71. The second-order valence-corrected chi connectivity index (χ2v) is 11.4. The van der Waals surface area contributed by atoms with Gasteiger partial charge in [0.25, 0.3) is 15.7 Å². The van der Waals surface area contributed by atoms with Crippen LogP contribution in [0.25, 0.3) is 0 Å². The van der Waals surface area contributed by atoms with Gasteiger partial charge in [-0.1, -0.05) is 37.3 Å². The van der Waals surface area contributed by atoms with Crippen molar-refractivity contribution in [3.05, 3.63) is 78.5 Å². The molecule has 2 fully saturated rings. The molecule has 0 bridgehead atoms. The zero-order valence-electron chi connectivity index (χ0n) is 20.8. The lowest BCUT2D eigenvalue weighted by atomic mass is 10.1. The molecule has 2 aromatic carbocycles. The number of anilines is 3. The SMILES string of the molecule is CC1CC12C(=O)N(c1ccc(S(=O)(=O)C(F)(F)F)cc1)C(=O)N2c1ccnc(NC(=O)NCc2ccccc2)c1. The van der Waals surface area contributed by atoms with E-state index in [9.17, 15) is 36.0 Å². The summed E-state index contributed by atoms with van der Waals surface area (Å²) in [6.07, 6.45) is 1.69. The van der Waals surface area contributed by atoms with E-state index in [4.69, 9.17) is 0 Å². The van der Waals surface area contributed by atoms with Gasteiger partial charge in [-0.3, -0.25) is 15.0 Å². The number of nitrogens with one attached hydrogen (secondary N) is 2. The normalized spacial score (nSPS) is 20.6. The number of rotatable bonds is 6. The van der Waals surface area contributed by atoms with Crippen LogP contribution in [-0.2, 0) is 21.2 Å². The summed E-state index contributed by atoms with van der Waals surface area (Å²) in [4.78, 5) is 44.6. The maximum absolute atomic E-state index is 13.6. The molecule has 0 radical (unpaired) electrons. The molecule has 1 aromatic heterocycles. The Morgan fingerprint density at radius 3 is 2.30 bits per heavy atom. The number of urea groups is 2. The molecule has 1 aliphatic carbocycles. The van der Waals surface area contributed by atoms with Crippen molar-refractivity contribution in [3.8, 4) is 0 Å². The lowest BCUT2D eigenvalue weighted by molar-refractivity contribution is -0.119. The quantitative estimate of drug-likeness (QED) is 0.420. The van der Waals surface area contributed by atoms with E-state index < -0.39 is 43.7 Å². The standard InChI is InChI=1S/C26H22F3N5O5S/c1-16-14-25(16)22(35)33(18-7-9-20(10-8-18)40(38,39)26(27,28)29)24(37)34(25)19-11-12-30-21(13-19)32-23(36)31-15-17-5-3-2-4-6-17/h2-13,16H,14-15H2,1H3,(H2,30,31,32,36). The number of benzene rings is 2. The molecule has 208 valence electrons. The van der Waals surface area contributed by atoms with Crippen LogP contribution in [-0.4, -0.2) is 42.4 Å². The summed E-state index contributed by atoms with van der Waals surface area (Å²) in [5.74, 6) is -0.715. The highest BCUT2D eigenvalue weighted by Gasteiger charge is 2.70. The average Bonchev–Trinajstić information content (AvgIpc) is 3.53. The van der Waals surface area contributed by atoms with Crippen molar-refractivity contribution < 1.29 is 36.0 Å². The number of carbonyl (C=O) groups is 3. The maximum atomic E-state index is 13.6. The molecule has 2 unspecified atom stereocenters. The third kappa shape index (κ3) is 4.53. The van der Waals surface area contributed by atoms with Crippen molar-refractivity contribution >= 4 is 45.0 Å². The van der Waals surface area contributed by atoms with Gasteiger partial charge in [0, 0.05) is 18.8 Å². The molecule has 2 heterocycles. The van der Waals surface area contributed by atoms with Crippen LogP contribution in [0.15, 0.2) is 77.8 Å². The van der Waals surface area contributed by atoms with Gasteiger partial charge in [0.1, 0.15) is 11.4 Å². The second-order valence-electron chi connectivity index (χ2n) is 9.42. The van der Waals surface area contributed by atoms with Crippen molar-refractivity contribution in [2.75, 3.05) is 15.1 Å². The molecule has 10 nitrogen and oxygen atoms in total. The van der Waals surface area contributed by atoms with Crippen LogP contribution < -0.4 is 20.4 Å². The van der Waals surface area contributed by atoms with Gasteiger partial charge in [0.15, 0.2) is 0 Å². The van der Waals surface area contributed by atoms with Gasteiger partial charge < -0.3 is 5.32 Å². The van der Waals surface area contributed by atoms with Crippen LogP contribution in [0.4, 0.5) is 40.0 Å². The Balaban J connectivity index is 1.38. The first-order valence-electron chi connectivity index (χ1n) is 12.0. The topological polar surface area (TPSA) is 129 Å². The van der Waals surface area contributed by atoms with Crippen molar-refractivity contribution in [1.82, 2.24) is 10.3 Å². The number of hydrogen-bond acceptors (Lipinski definition) is 6. The number of halogens is 3. The predicted octanol–water partition coefficient (Wildman–Crippen LogP) is 4.45. The van der Waals surface area contributed by atoms with E-state index in [1.165, 1.54) is 23.2 Å². The number of imide groups is 1. The number of amides is 5. The summed E-state index contributed by atoms with van der Waals surface area (Å²) in [5, 5.41) is 5.28. The highest BCUT2D eigenvalue weighted by Crippen LogP contribution is 2.55. The third-order valence-electron chi connectivity index (χ3n) is 6.88. The van der Waals surface area contributed by atoms with Crippen molar-refractivity contribution in [1.29, 1.82) is 0 Å². The van der Waals surface area contributed by atoms with Crippen molar-refractivity contribution in [3.63, 3.8) is 0 Å². The van der Waals surface area contributed by atoms with E-state index in [0.29, 0.717) is 18.6 Å². The van der Waals surface area contributed by atoms with Gasteiger partial charge in [0.05, 0.1) is 16.3 Å². The Labute approximate surface area is 226 Å². The summed E-state index contributed by atoms with van der Waals surface area (Å²) in [7, 11) is -5.60. The lowest BCUT2D eigenvalue weighted by Gasteiger charge is -2.22. The second kappa shape index (κ2) is 9.62. The third-order valence-corrected chi connectivity index (χ3v) is 8.38. The van der Waals surface area contributed by atoms with Crippen LogP contribution >= 0.6 is 0 Å². The Bertz CT molecular complexity index is 1600. The minimum absolute atomic E-state index is 0.0789. The number of aromatic nitrogens is 1. The minimum Gasteiger partial charge on any atom is -0.334 e. The van der Waals surface area contributed by atoms with E-state index >= 15 is 0 Å². The van der Waals surface area contributed by atoms with Crippen LogP contribution in [0.1, 0.15) is 18.9 Å². The maximum Gasteiger partial charge on any atom is 0.501 e. The summed E-state index contributed by atoms with van der Waals surface area (Å²) in [5.41, 5.74) is -5.65. The first kappa shape index (κ1) is 27.1. The zero-order chi connectivity index (χ0) is 28.9. The van der Waals surface area contributed by atoms with Crippen LogP contribution in [0.3, 0.4) is 0 Å². The molecular weight excluding hydrogens is 551 g/mol. The monoisotopic (exact) mass is 573 g/mol. The number of hydrogen-bond donors (Lipinski definition) is 2. The fraction of sp³-hybridized carbons (Fsp3) is 0.231. The summed E-state index contributed by atoms with van der Waals surface area (Å²) in [6, 6.07) is 14.2. The van der Waals surface area contributed by atoms with Gasteiger partial charge in [-0.25, -0.2) is 27.9 Å². The first-order valence-corrected chi connectivity index (χ1v) is 13.5. The molecule has 2 aliphatic rings. The molecule has 3 aromatic rings. The Morgan fingerprint density at radius 2 is 1.70 bits per heavy atom. The van der Waals surface area contributed by atoms with E-state index in [2.05, 4.69) is 15.6 Å². The summed E-state index contributed by atoms with van der Waals surface area (Å²) in [6.45, 7) is 2.04. The minimum atomic E-state index is -5.60.